The fourth-order valence-electron chi connectivity index (χ4n) is 0.794. The molecule has 0 aromatic heterocycles. The molecule has 12 heavy (non-hydrogen) atoms. The van der Waals surface area contributed by atoms with E-state index in [0.717, 1.165) is 0 Å². The molecule has 2 nitrogen and oxygen atoms in total. The Labute approximate surface area is 79.2 Å². The molecule has 0 spiro atoms. The van der Waals surface area contributed by atoms with E-state index in [-0.39, 0.29) is 15.4 Å². The minimum Gasteiger partial charge on any atom is -0.419 e. The molecule has 0 rings (SSSR count). The molecule has 0 aromatic carbocycles. The first-order valence-corrected chi connectivity index (χ1v) is 6.21. The normalized spacial score (nSPS) is 16.2. The van der Waals surface area contributed by atoms with Crippen LogP contribution in [0.15, 0.2) is 0 Å². The van der Waals surface area contributed by atoms with Crippen LogP contribution in [0.1, 0.15) is 27.7 Å². The van der Waals surface area contributed by atoms with Crippen LogP contribution in [0.5, 0.6) is 0 Å². The van der Waals surface area contributed by atoms with Crippen molar-refractivity contribution in [3.05, 3.63) is 0 Å². The van der Waals surface area contributed by atoms with Crippen LogP contribution in [0.4, 0.5) is 0 Å². The molecular weight excluding hydrogens is 166 g/mol. The zero-order valence-electron chi connectivity index (χ0n) is 9.35. The lowest BCUT2D eigenvalue weighted by atomic mass is 10.2. The van der Waals surface area contributed by atoms with Gasteiger partial charge >= 0.3 is 0 Å². The second kappa shape index (κ2) is 4.99. The summed E-state index contributed by atoms with van der Waals surface area (Å²) in [5, 5.41) is 0. The summed E-state index contributed by atoms with van der Waals surface area (Å²) in [4.78, 5) is 2.25. The lowest BCUT2D eigenvalue weighted by Crippen LogP contribution is -2.29. The summed E-state index contributed by atoms with van der Waals surface area (Å²) in [6.07, 6.45) is 0. The van der Waals surface area contributed by atoms with Gasteiger partial charge in [0.05, 0.1) is 0 Å². The molecule has 0 aromatic rings. The van der Waals surface area contributed by atoms with Gasteiger partial charge < -0.3 is 9.33 Å². The van der Waals surface area contributed by atoms with E-state index < -0.39 is 0 Å². The van der Waals surface area contributed by atoms with Gasteiger partial charge in [-0.15, -0.1) is 0 Å². The molecule has 1 unspecified atom stereocenters. The molecular formula is C9H23NOSi. The maximum absolute atomic E-state index is 5.76. The quantitative estimate of drug-likeness (QED) is 0.617. The van der Waals surface area contributed by atoms with Crippen LogP contribution >= 0.6 is 0 Å². The largest absolute Gasteiger partial charge is 0.419 e. The molecule has 1 atom stereocenters. The summed E-state index contributed by atoms with van der Waals surface area (Å²) >= 11 is 0. The lowest BCUT2D eigenvalue weighted by molar-refractivity contribution is 0.135. The summed E-state index contributed by atoms with van der Waals surface area (Å²) in [6, 6.07) is 1.91. The molecule has 0 radical (unpaired) electrons. The Bertz CT molecular complexity index is 120. The van der Waals surface area contributed by atoms with Gasteiger partial charge in [-0.2, -0.15) is 0 Å². The van der Waals surface area contributed by atoms with Gasteiger partial charge in [-0.05, 0) is 47.8 Å². The predicted molar refractivity (Wildman–Crippen MR) is 57.3 cm³/mol. The van der Waals surface area contributed by atoms with Gasteiger partial charge in [0.25, 0.3) is 0 Å². The van der Waals surface area contributed by atoms with Crippen molar-refractivity contribution in [3.8, 4) is 0 Å². The minimum atomic E-state index is -0.325. The SMILES string of the molecule is CC(C[SiH2]OC(C)(C)C)N(C)C. The highest BCUT2D eigenvalue weighted by Crippen LogP contribution is 2.07. The Morgan fingerprint density at radius 1 is 1.33 bits per heavy atom. The first-order valence-electron chi connectivity index (χ1n) is 4.63. The molecule has 0 aliphatic carbocycles. The smallest absolute Gasteiger partial charge is 0.163 e. The number of hydrogen-bond donors (Lipinski definition) is 0. The van der Waals surface area contributed by atoms with Gasteiger partial charge in [0, 0.05) is 11.6 Å². The van der Waals surface area contributed by atoms with Gasteiger partial charge in [-0.1, -0.05) is 0 Å². The number of hydrogen-bond acceptors (Lipinski definition) is 2. The highest BCUT2D eigenvalue weighted by molar-refractivity contribution is 6.27. The van der Waals surface area contributed by atoms with Crippen LogP contribution in [-0.2, 0) is 4.43 Å². The molecule has 0 N–H and O–H groups in total. The van der Waals surface area contributed by atoms with E-state index >= 15 is 0 Å². The molecule has 0 amide bonds. The third-order valence-corrected chi connectivity index (χ3v) is 4.09. The first-order chi connectivity index (χ1) is 5.33. The molecule has 74 valence electrons. The predicted octanol–water partition coefficient (Wildman–Crippen LogP) is 1.25. The molecule has 3 heteroatoms. The molecule has 0 saturated heterocycles. The topological polar surface area (TPSA) is 12.5 Å². The summed E-state index contributed by atoms with van der Waals surface area (Å²) < 4.78 is 5.76. The third-order valence-electron chi connectivity index (χ3n) is 1.95. The number of nitrogens with zero attached hydrogens (tertiary/aromatic N) is 1. The maximum atomic E-state index is 5.76. The molecule has 0 bridgehead atoms. The van der Waals surface area contributed by atoms with Gasteiger partial charge in [0.2, 0.25) is 0 Å². The second-order valence-corrected chi connectivity index (χ2v) is 5.84. The van der Waals surface area contributed by atoms with E-state index in [1.807, 2.05) is 0 Å². The lowest BCUT2D eigenvalue weighted by Gasteiger charge is -2.23. The Balaban J connectivity index is 3.44. The van der Waals surface area contributed by atoms with Gasteiger partial charge in [-0.3, -0.25) is 0 Å². The summed E-state index contributed by atoms with van der Waals surface area (Å²) in [5.41, 5.74) is 0.0677. The van der Waals surface area contributed by atoms with Crippen molar-refractivity contribution in [2.75, 3.05) is 14.1 Å². The number of rotatable bonds is 4. The van der Waals surface area contributed by atoms with Crippen molar-refractivity contribution in [1.82, 2.24) is 4.90 Å². The van der Waals surface area contributed by atoms with Gasteiger partial charge in [-0.25, -0.2) is 0 Å². The zero-order chi connectivity index (χ0) is 9.78. The van der Waals surface area contributed by atoms with E-state index in [4.69, 9.17) is 4.43 Å². The van der Waals surface area contributed by atoms with Crippen LogP contribution in [0.25, 0.3) is 0 Å². The van der Waals surface area contributed by atoms with Crippen LogP contribution in [0.3, 0.4) is 0 Å². The Morgan fingerprint density at radius 3 is 2.17 bits per heavy atom. The Kier molecular flexibility index (Phi) is 5.05. The monoisotopic (exact) mass is 189 g/mol. The van der Waals surface area contributed by atoms with E-state index in [2.05, 4.69) is 46.7 Å². The van der Waals surface area contributed by atoms with E-state index in [1.54, 1.807) is 0 Å². The molecule has 0 aliphatic heterocycles. The van der Waals surface area contributed by atoms with E-state index in [1.165, 1.54) is 6.04 Å². The van der Waals surface area contributed by atoms with Crippen LogP contribution in [0, 0.1) is 0 Å². The average molecular weight is 189 g/mol. The van der Waals surface area contributed by atoms with Crippen LogP contribution in [0.2, 0.25) is 6.04 Å². The minimum absolute atomic E-state index is 0.0677. The Morgan fingerprint density at radius 2 is 1.83 bits per heavy atom. The Hall–Kier alpha value is 0.137. The fourth-order valence-corrected chi connectivity index (χ4v) is 2.38. The van der Waals surface area contributed by atoms with Crippen molar-refractivity contribution in [3.63, 3.8) is 0 Å². The summed E-state index contributed by atoms with van der Waals surface area (Å²) in [7, 11) is 3.92. The fraction of sp³-hybridized carbons (Fsp3) is 1.00. The molecule has 0 fully saturated rings. The van der Waals surface area contributed by atoms with Crippen molar-refractivity contribution in [2.45, 2.75) is 45.4 Å². The molecule has 0 saturated carbocycles. The van der Waals surface area contributed by atoms with Gasteiger partial charge in [0.15, 0.2) is 9.76 Å². The summed E-state index contributed by atoms with van der Waals surface area (Å²) in [5.74, 6) is 0. The molecule has 0 heterocycles. The maximum Gasteiger partial charge on any atom is 0.163 e. The first kappa shape index (κ1) is 12.1. The summed E-state index contributed by atoms with van der Waals surface area (Å²) in [6.45, 7) is 8.62. The second-order valence-electron chi connectivity index (χ2n) is 4.56. The average Bonchev–Trinajstić information content (AvgIpc) is 1.84. The zero-order valence-corrected chi connectivity index (χ0v) is 10.8. The van der Waals surface area contributed by atoms with Crippen molar-refractivity contribution >= 4 is 9.76 Å². The van der Waals surface area contributed by atoms with Crippen molar-refractivity contribution in [1.29, 1.82) is 0 Å². The van der Waals surface area contributed by atoms with Crippen molar-refractivity contribution in [2.24, 2.45) is 0 Å². The van der Waals surface area contributed by atoms with E-state index in [0.29, 0.717) is 6.04 Å². The van der Waals surface area contributed by atoms with Crippen LogP contribution < -0.4 is 0 Å². The standard InChI is InChI=1S/C9H23NOSi/c1-8(10(5)6)7-12-11-9(2,3)4/h8H,7,12H2,1-6H3. The highest BCUT2D eigenvalue weighted by atomic mass is 28.2. The van der Waals surface area contributed by atoms with E-state index in [9.17, 15) is 0 Å². The highest BCUT2D eigenvalue weighted by Gasteiger charge is 2.11. The van der Waals surface area contributed by atoms with Gasteiger partial charge in [0.1, 0.15) is 0 Å². The van der Waals surface area contributed by atoms with Crippen molar-refractivity contribution < 1.29 is 4.43 Å². The molecule has 0 aliphatic rings. The third kappa shape index (κ3) is 6.82. The van der Waals surface area contributed by atoms with Crippen LogP contribution in [-0.4, -0.2) is 40.4 Å².